The van der Waals surface area contributed by atoms with Gasteiger partial charge in [0.2, 0.25) is 0 Å². The van der Waals surface area contributed by atoms with E-state index in [4.69, 9.17) is 15.9 Å². The van der Waals surface area contributed by atoms with Gasteiger partial charge in [-0.15, -0.1) is 0 Å². The highest BCUT2D eigenvalue weighted by molar-refractivity contribution is 5.72. The van der Waals surface area contributed by atoms with E-state index in [1.54, 1.807) is 0 Å². The van der Waals surface area contributed by atoms with E-state index in [0.717, 1.165) is 0 Å². The molecule has 0 bridgehead atoms. The summed E-state index contributed by atoms with van der Waals surface area (Å²) in [5.41, 5.74) is 5.26. The number of carboxylic acid groups (broad SMARTS) is 1. The largest absolute Gasteiger partial charge is 0.480 e. The van der Waals surface area contributed by atoms with Gasteiger partial charge in [0.15, 0.2) is 0 Å². The van der Waals surface area contributed by atoms with Crippen molar-refractivity contribution in [3.05, 3.63) is 0 Å². The Morgan fingerprint density at radius 3 is 2.33 bits per heavy atom. The van der Waals surface area contributed by atoms with Gasteiger partial charge in [0, 0.05) is 13.1 Å². The molecule has 4 N–H and O–H groups in total. The summed E-state index contributed by atoms with van der Waals surface area (Å²) in [6.45, 7) is 3.76. The SMILES string of the molecule is CC(O)N(CCN)C(C)C(=O)O. The van der Waals surface area contributed by atoms with Crippen LogP contribution in [0.15, 0.2) is 0 Å². The van der Waals surface area contributed by atoms with Crippen LogP contribution in [0, 0.1) is 0 Å². The van der Waals surface area contributed by atoms with Crippen LogP contribution >= 0.6 is 0 Å². The third-order valence-electron chi connectivity index (χ3n) is 1.72. The van der Waals surface area contributed by atoms with Gasteiger partial charge in [0.05, 0.1) is 0 Å². The molecule has 0 aromatic heterocycles. The van der Waals surface area contributed by atoms with Crippen LogP contribution in [0.4, 0.5) is 0 Å². The van der Waals surface area contributed by atoms with E-state index in [-0.39, 0.29) is 0 Å². The molecule has 0 aromatic carbocycles. The first-order valence-corrected chi connectivity index (χ1v) is 3.87. The first kappa shape index (κ1) is 11.4. The number of hydrogen-bond acceptors (Lipinski definition) is 4. The van der Waals surface area contributed by atoms with Crippen molar-refractivity contribution in [2.75, 3.05) is 13.1 Å². The minimum Gasteiger partial charge on any atom is -0.480 e. The minimum absolute atomic E-state index is 0.336. The Morgan fingerprint density at radius 1 is 1.58 bits per heavy atom. The molecule has 72 valence electrons. The van der Waals surface area contributed by atoms with Gasteiger partial charge in [0.25, 0.3) is 0 Å². The lowest BCUT2D eigenvalue weighted by Crippen LogP contribution is -2.46. The Hall–Kier alpha value is -0.650. The van der Waals surface area contributed by atoms with Gasteiger partial charge in [-0.2, -0.15) is 0 Å². The number of nitrogens with zero attached hydrogens (tertiary/aromatic N) is 1. The van der Waals surface area contributed by atoms with E-state index in [1.807, 2.05) is 0 Å². The molecule has 0 aliphatic carbocycles. The monoisotopic (exact) mass is 176 g/mol. The highest BCUT2D eigenvalue weighted by Crippen LogP contribution is 2.02. The molecule has 0 rings (SSSR count). The maximum absolute atomic E-state index is 10.5. The Bertz CT molecular complexity index is 150. The van der Waals surface area contributed by atoms with E-state index in [1.165, 1.54) is 18.7 Å². The Morgan fingerprint density at radius 2 is 2.08 bits per heavy atom. The smallest absolute Gasteiger partial charge is 0.320 e. The molecular weight excluding hydrogens is 160 g/mol. The van der Waals surface area contributed by atoms with Gasteiger partial charge in [-0.1, -0.05) is 0 Å². The van der Waals surface area contributed by atoms with Gasteiger partial charge in [-0.3, -0.25) is 9.69 Å². The number of aliphatic carboxylic acids is 1. The second-order valence-corrected chi connectivity index (χ2v) is 2.67. The van der Waals surface area contributed by atoms with Crippen molar-refractivity contribution in [2.24, 2.45) is 5.73 Å². The summed E-state index contributed by atoms with van der Waals surface area (Å²) >= 11 is 0. The summed E-state index contributed by atoms with van der Waals surface area (Å²) in [4.78, 5) is 11.9. The van der Waals surface area contributed by atoms with Crippen molar-refractivity contribution in [3.8, 4) is 0 Å². The zero-order chi connectivity index (χ0) is 9.72. The van der Waals surface area contributed by atoms with Gasteiger partial charge >= 0.3 is 5.97 Å². The molecule has 2 atom stereocenters. The maximum atomic E-state index is 10.5. The molecule has 0 aliphatic rings. The molecule has 0 fully saturated rings. The standard InChI is InChI=1S/C7H16N2O3/c1-5(7(11)12)9(4-3-8)6(2)10/h5-6,10H,3-4,8H2,1-2H3,(H,11,12). The molecule has 0 aromatic rings. The zero-order valence-electron chi connectivity index (χ0n) is 7.40. The van der Waals surface area contributed by atoms with Gasteiger partial charge < -0.3 is 15.9 Å². The molecule has 2 unspecified atom stereocenters. The average molecular weight is 176 g/mol. The second-order valence-electron chi connectivity index (χ2n) is 2.67. The van der Waals surface area contributed by atoms with Crippen LogP contribution in [0.3, 0.4) is 0 Å². The first-order chi connectivity index (χ1) is 5.50. The Kier molecular flexibility index (Phi) is 4.80. The van der Waals surface area contributed by atoms with Gasteiger partial charge in [-0.05, 0) is 13.8 Å². The fraction of sp³-hybridized carbons (Fsp3) is 0.857. The van der Waals surface area contributed by atoms with Crippen LogP contribution in [-0.4, -0.2) is 46.4 Å². The molecule has 5 heteroatoms. The van der Waals surface area contributed by atoms with Crippen molar-refractivity contribution < 1.29 is 15.0 Å². The van der Waals surface area contributed by atoms with Gasteiger partial charge in [-0.25, -0.2) is 0 Å². The van der Waals surface area contributed by atoms with Crippen LogP contribution in [0.25, 0.3) is 0 Å². The molecule has 0 amide bonds. The lowest BCUT2D eigenvalue weighted by Gasteiger charge is -2.28. The predicted octanol–water partition coefficient (Wildman–Crippen LogP) is -0.941. The number of hydrogen-bond donors (Lipinski definition) is 3. The fourth-order valence-electron chi connectivity index (χ4n) is 0.995. The third kappa shape index (κ3) is 3.17. The van der Waals surface area contributed by atoms with Crippen molar-refractivity contribution in [1.29, 1.82) is 0 Å². The number of nitrogens with two attached hydrogens (primary N) is 1. The van der Waals surface area contributed by atoms with Crippen molar-refractivity contribution in [3.63, 3.8) is 0 Å². The maximum Gasteiger partial charge on any atom is 0.320 e. The molecule has 0 saturated carbocycles. The average Bonchev–Trinajstić information content (AvgIpc) is 1.98. The number of carbonyl (C=O) groups is 1. The summed E-state index contributed by atoms with van der Waals surface area (Å²) in [5, 5.41) is 17.8. The molecular formula is C7H16N2O3. The molecule has 12 heavy (non-hydrogen) atoms. The quantitative estimate of drug-likeness (QED) is 0.470. The van der Waals surface area contributed by atoms with Gasteiger partial charge in [0.1, 0.15) is 12.3 Å². The Balaban J connectivity index is 4.18. The minimum atomic E-state index is -0.954. The number of rotatable bonds is 5. The summed E-state index contributed by atoms with van der Waals surface area (Å²) < 4.78 is 0. The van der Waals surface area contributed by atoms with Crippen LogP contribution in [0.5, 0.6) is 0 Å². The summed E-state index contributed by atoms with van der Waals surface area (Å²) in [7, 11) is 0. The van der Waals surface area contributed by atoms with Crippen molar-refractivity contribution >= 4 is 5.97 Å². The normalized spacial score (nSPS) is 16.1. The van der Waals surface area contributed by atoms with E-state index in [9.17, 15) is 4.79 Å². The third-order valence-corrected chi connectivity index (χ3v) is 1.72. The number of aliphatic hydroxyl groups is 1. The summed E-state index contributed by atoms with van der Waals surface area (Å²) in [6, 6.07) is -0.700. The number of carboxylic acids is 1. The lowest BCUT2D eigenvalue weighted by molar-refractivity contribution is -0.146. The van der Waals surface area contributed by atoms with Crippen LogP contribution in [0.2, 0.25) is 0 Å². The highest BCUT2D eigenvalue weighted by Gasteiger charge is 2.22. The topological polar surface area (TPSA) is 86.8 Å². The van der Waals surface area contributed by atoms with Crippen LogP contribution < -0.4 is 5.73 Å². The first-order valence-electron chi connectivity index (χ1n) is 3.87. The Labute approximate surface area is 71.8 Å². The van der Waals surface area contributed by atoms with Crippen LogP contribution in [0.1, 0.15) is 13.8 Å². The molecule has 0 spiro atoms. The van der Waals surface area contributed by atoms with E-state index in [2.05, 4.69) is 0 Å². The number of aliphatic hydroxyl groups excluding tert-OH is 1. The molecule has 0 aliphatic heterocycles. The highest BCUT2D eigenvalue weighted by atomic mass is 16.4. The molecule has 0 saturated heterocycles. The molecule has 5 nitrogen and oxygen atoms in total. The van der Waals surface area contributed by atoms with E-state index >= 15 is 0 Å². The summed E-state index contributed by atoms with van der Waals surface area (Å²) in [6.07, 6.45) is -0.778. The van der Waals surface area contributed by atoms with E-state index in [0.29, 0.717) is 13.1 Å². The zero-order valence-corrected chi connectivity index (χ0v) is 7.40. The van der Waals surface area contributed by atoms with Crippen LogP contribution in [-0.2, 0) is 4.79 Å². The second kappa shape index (κ2) is 5.08. The molecule has 0 heterocycles. The van der Waals surface area contributed by atoms with Crippen molar-refractivity contribution in [2.45, 2.75) is 26.1 Å². The molecule has 0 radical (unpaired) electrons. The lowest BCUT2D eigenvalue weighted by atomic mass is 10.2. The van der Waals surface area contributed by atoms with Crippen molar-refractivity contribution in [1.82, 2.24) is 4.90 Å². The summed E-state index contributed by atoms with van der Waals surface area (Å²) in [5.74, 6) is -0.954. The fourth-order valence-corrected chi connectivity index (χ4v) is 0.995. The van der Waals surface area contributed by atoms with E-state index < -0.39 is 18.2 Å². The predicted molar refractivity (Wildman–Crippen MR) is 44.5 cm³/mol.